The molecule has 3 heteroatoms. The van der Waals surface area contributed by atoms with E-state index in [9.17, 15) is 0 Å². The fourth-order valence-electron chi connectivity index (χ4n) is 1.78. The van der Waals surface area contributed by atoms with Crippen LogP contribution < -0.4 is 5.32 Å². The van der Waals surface area contributed by atoms with Crippen LogP contribution in [0.15, 0.2) is 24.3 Å². The fourth-order valence-corrected chi connectivity index (χ4v) is 1.78. The van der Waals surface area contributed by atoms with Gasteiger partial charge in [-0.2, -0.15) is 5.26 Å². The van der Waals surface area contributed by atoms with Gasteiger partial charge >= 0.3 is 0 Å². The van der Waals surface area contributed by atoms with E-state index in [-0.39, 0.29) is 0 Å². The topological polar surface area (TPSA) is 47.1 Å². The van der Waals surface area contributed by atoms with Crippen molar-refractivity contribution in [1.82, 2.24) is 5.32 Å². The quantitative estimate of drug-likeness (QED) is 0.772. The van der Waals surface area contributed by atoms with Crippen LogP contribution in [0.3, 0.4) is 0 Å². The highest BCUT2D eigenvalue weighted by atomic mass is 16.5. The van der Waals surface area contributed by atoms with Crippen LogP contribution in [0.5, 0.6) is 0 Å². The molecule has 2 rings (SSSR count). The Labute approximate surface area is 96.0 Å². The predicted octanol–water partition coefficient (Wildman–Crippen LogP) is 1.84. The third kappa shape index (κ3) is 3.06. The van der Waals surface area contributed by atoms with Crippen molar-refractivity contribution in [2.45, 2.75) is 25.6 Å². The molecule has 1 aromatic rings. The number of hydrogen-bond donors (Lipinski definition) is 0. The molecule has 1 radical (unpaired) electrons. The molecule has 0 atom stereocenters. The lowest BCUT2D eigenvalue weighted by Gasteiger charge is -2.21. The number of benzene rings is 1. The molecule has 3 nitrogen and oxygen atoms in total. The zero-order valence-electron chi connectivity index (χ0n) is 9.22. The first-order valence-electron chi connectivity index (χ1n) is 5.62. The Balaban J connectivity index is 1.82. The van der Waals surface area contributed by atoms with Gasteiger partial charge in [0.15, 0.2) is 0 Å². The lowest BCUT2D eigenvalue weighted by atomic mass is 10.1. The van der Waals surface area contributed by atoms with Crippen LogP contribution in [0.2, 0.25) is 0 Å². The van der Waals surface area contributed by atoms with Crippen LogP contribution in [0.4, 0.5) is 0 Å². The molecular formula is C13H15N2O. The zero-order chi connectivity index (χ0) is 11.2. The van der Waals surface area contributed by atoms with Crippen molar-refractivity contribution in [1.29, 1.82) is 5.26 Å². The lowest BCUT2D eigenvalue weighted by molar-refractivity contribution is 0.0207. The van der Waals surface area contributed by atoms with Crippen molar-refractivity contribution in [3.8, 4) is 6.07 Å². The maximum absolute atomic E-state index is 8.67. The summed E-state index contributed by atoms with van der Waals surface area (Å²) < 4.78 is 5.80. The first kappa shape index (κ1) is 11.1. The Bertz CT molecular complexity index is 361. The van der Waals surface area contributed by atoms with Gasteiger partial charge in [-0.25, -0.2) is 5.32 Å². The SMILES string of the molecule is N#Cc1ccc(COC2CC[N]CC2)cc1. The molecule has 83 valence electrons. The minimum atomic E-state index is 0.355. The van der Waals surface area contributed by atoms with Crippen molar-refractivity contribution in [2.24, 2.45) is 0 Å². The lowest BCUT2D eigenvalue weighted by Crippen LogP contribution is -2.28. The summed E-state index contributed by atoms with van der Waals surface area (Å²) in [6.07, 6.45) is 2.43. The van der Waals surface area contributed by atoms with Crippen LogP contribution >= 0.6 is 0 Å². The van der Waals surface area contributed by atoms with Crippen molar-refractivity contribution >= 4 is 0 Å². The first-order valence-corrected chi connectivity index (χ1v) is 5.62. The van der Waals surface area contributed by atoms with E-state index in [0.717, 1.165) is 31.5 Å². The average Bonchev–Trinajstić information content (AvgIpc) is 2.38. The molecule has 1 aliphatic heterocycles. The van der Waals surface area contributed by atoms with Gasteiger partial charge in [0.05, 0.1) is 24.3 Å². The summed E-state index contributed by atoms with van der Waals surface area (Å²) >= 11 is 0. The van der Waals surface area contributed by atoms with Gasteiger partial charge in [0.2, 0.25) is 0 Å². The van der Waals surface area contributed by atoms with Gasteiger partial charge in [-0.1, -0.05) is 12.1 Å². The van der Waals surface area contributed by atoms with E-state index in [1.165, 1.54) is 0 Å². The normalized spacial score (nSPS) is 16.9. The van der Waals surface area contributed by atoms with E-state index in [1.54, 1.807) is 0 Å². The molecule has 1 aliphatic rings. The maximum atomic E-state index is 8.67. The molecule has 1 fully saturated rings. The summed E-state index contributed by atoms with van der Waals surface area (Å²) in [7, 11) is 0. The molecule has 0 unspecified atom stereocenters. The number of ether oxygens (including phenoxy) is 1. The van der Waals surface area contributed by atoms with Crippen molar-refractivity contribution in [2.75, 3.05) is 13.1 Å². The summed E-state index contributed by atoms with van der Waals surface area (Å²) in [4.78, 5) is 0. The molecule has 0 bridgehead atoms. The molecule has 0 aliphatic carbocycles. The van der Waals surface area contributed by atoms with Crippen LogP contribution in [-0.2, 0) is 11.3 Å². The van der Waals surface area contributed by atoms with E-state index in [1.807, 2.05) is 24.3 Å². The number of nitriles is 1. The van der Waals surface area contributed by atoms with Crippen molar-refractivity contribution in [3.63, 3.8) is 0 Å². The van der Waals surface area contributed by atoms with E-state index >= 15 is 0 Å². The molecule has 1 saturated heterocycles. The Kier molecular flexibility index (Phi) is 3.92. The Morgan fingerprint density at radius 2 is 1.94 bits per heavy atom. The summed E-state index contributed by atoms with van der Waals surface area (Å²) in [6.45, 7) is 2.49. The molecule has 0 saturated carbocycles. The van der Waals surface area contributed by atoms with Crippen LogP contribution in [0.25, 0.3) is 0 Å². The smallest absolute Gasteiger partial charge is 0.0991 e. The largest absolute Gasteiger partial charge is 0.373 e. The molecule has 0 amide bonds. The summed E-state index contributed by atoms with van der Waals surface area (Å²) in [5, 5.41) is 13.0. The third-order valence-electron chi connectivity index (χ3n) is 2.79. The van der Waals surface area contributed by atoms with Gasteiger partial charge < -0.3 is 4.74 Å². The highest BCUT2D eigenvalue weighted by molar-refractivity contribution is 5.31. The number of nitrogens with zero attached hydrogens (tertiary/aromatic N) is 2. The second-order valence-electron chi connectivity index (χ2n) is 3.99. The van der Waals surface area contributed by atoms with Crippen molar-refractivity contribution < 1.29 is 4.74 Å². The second-order valence-corrected chi connectivity index (χ2v) is 3.99. The highest BCUT2D eigenvalue weighted by Crippen LogP contribution is 2.12. The summed E-state index contributed by atoms with van der Waals surface area (Å²) in [5.74, 6) is 0. The Hall–Kier alpha value is -1.37. The van der Waals surface area contributed by atoms with Gasteiger partial charge in [-0.3, -0.25) is 0 Å². The number of rotatable bonds is 3. The minimum absolute atomic E-state index is 0.355. The predicted molar refractivity (Wildman–Crippen MR) is 60.8 cm³/mol. The van der Waals surface area contributed by atoms with Crippen molar-refractivity contribution in [3.05, 3.63) is 35.4 Å². The van der Waals surface area contributed by atoms with Gasteiger partial charge in [-0.15, -0.1) is 0 Å². The van der Waals surface area contributed by atoms with Crippen LogP contribution in [0.1, 0.15) is 24.0 Å². The zero-order valence-corrected chi connectivity index (χ0v) is 9.22. The third-order valence-corrected chi connectivity index (χ3v) is 2.79. The van der Waals surface area contributed by atoms with Gasteiger partial charge in [0.1, 0.15) is 0 Å². The van der Waals surface area contributed by atoms with Gasteiger partial charge in [0.25, 0.3) is 0 Å². The molecule has 1 aromatic carbocycles. The van der Waals surface area contributed by atoms with Crippen LogP contribution in [0, 0.1) is 11.3 Å². The number of piperidine rings is 1. The summed E-state index contributed by atoms with van der Waals surface area (Å²) in [5.41, 5.74) is 1.82. The molecule has 0 spiro atoms. The fraction of sp³-hybridized carbons (Fsp3) is 0.462. The standard InChI is InChI=1S/C13H15N2O/c14-9-11-1-3-12(4-2-11)10-16-13-5-7-15-8-6-13/h1-4,13H,5-8,10H2. The number of hydrogen-bond acceptors (Lipinski definition) is 2. The molecule has 0 N–H and O–H groups in total. The molecular weight excluding hydrogens is 200 g/mol. The minimum Gasteiger partial charge on any atom is -0.373 e. The van der Waals surface area contributed by atoms with Gasteiger partial charge in [-0.05, 0) is 30.5 Å². The van der Waals surface area contributed by atoms with Gasteiger partial charge in [0, 0.05) is 13.1 Å². The maximum Gasteiger partial charge on any atom is 0.0991 e. The molecule has 1 heterocycles. The van der Waals surface area contributed by atoms with E-state index in [2.05, 4.69) is 11.4 Å². The highest BCUT2D eigenvalue weighted by Gasteiger charge is 2.13. The first-order chi connectivity index (χ1) is 7.88. The average molecular weight is 215 g/mol. The van der Waals surface area contributed by atoms with E-state index in [0.29, 0.717) is 18.3 Å². The second kappa shape index (κ2) is 5.64. The van der Waals surface area contributed by atoms with E-state index < -0.39 is 0 Å². The summed E-state index contributed by atoms with van der Waals surface area (Å²) in [6, 6.07) is 9.66. The monoisotopic (exact) mass is 215 g/mol. The Morgan fingerprint density at radius 3 is 2.56 bits per heavy atom. The molecule has 0 aromatic heterocycles. The van der Waals surface area contributed by atoms with E-state index in [4.69, 9.17) is 10.00 Å². The molecule has 16 heavy (non-hydrogen) atoms. The van der Waals surface area contributed by atoms with Crippen LogP contribution in [-0.4, -0.2) is 19.2 Å². The Morgan fingerprint density at radius 1 is 1.25 bits per heavy atom.